The SMILES string of the molecule is C=CCOc1ccc(CN(C)C(=S)NCc2ccc(OC)cc2)cc1. The molecule has 2 rings (SSSR count). The molecule has 0 aromatic heterocycles. The van der Waals surface area contributed by atoms with Gasteiger partial charge in [-0.05, 0) is 47.6 Å². The smallest absolute Gasteiger partial charge is 0.169 e. The van der Waals surface area contributed by atoms with Crippen molar-refractivity contribution in [3.63, 3.8) is 0 Å². The zero-order valence-corrected chi connectivity index (χ0v) is 15.5. The van der Waals surface area contributed by atoms with E-state index >= 15 is 0 Å². The van der Waals surface area contributed by atoms with Crippen molar-refractivity contribution in [2.45, 2.75) is 13.1 Å². The summed E-state index contributed by atoms with van der Waals surface area (Å²) in [5.74, 6) is 1.69. The van der Waals surface area contributed by atoms with Crippen molar-refractivity contribution in [3.05, 3.63) is 72.3 Å². The lowest BCUT2D eigenvalue weighted by Gasteiger charge is -2.21. The first-order chi connectivity index (χ1) is 12.1. The first-order valence-electron chi connectivity index (χ1n) is 8.07. The molecule has 0 aliphatic carbocycles. The summed E-state index contributed by atoms with van der Waals surface area (Å²) >= 11 is 5.46. The third-order valence-electron chi connectivity index (χ3n) is 3.66. The zero-order chi connectivity index (χ0) is 18.1. The number of nitrogens with zero attached hydrogens (tertiary/aromatic N) is 1. The van der Waals surface area contributed by atoms with Crippen molar-refractivity contribution in [2.24, 2.45) is 0 Å². The Labute approximate surface area is 155 Å². The Bertz CT molecular complexity index is 684. The van der Waals surface area contributed by atoms with Gasteiger partial charge in [0.05, 0.1) is 7.11 Å². The minimum absolute atomic E-state index is 0.513. The highest BCUT2D eigenvalue weighted by Gasteiger charge is 2.05. The maximum absolute atomic E-state index is 5.49. The molecule has 0 radical (unpaired) electrons. The van der Waals surface area contributed by atoms with Gasteiger partial charge in [-0.15, -0.1) is 0 Å². The Morgan fingerprint density at radius 3 is 2.28 bits per heavy atom. The van der Waals surface area contributed by atoms with Crippen LogP contribution in [0.3, 0.4) is 0 Å². The van der Waals surface area contributed by atoms with E-state index in [9.17, 15) is 0 Å². The van der Waals surface area contributed by atoms with Crippen LogP contribution in [0.5, 0.6) is 11.5 Å². The predicted molar refractivity (Wildman–Crippen MR) is 106 cm³/mol. The number of benzene rings is 2. The van der Waals surface area contributed by atoms with Gasteiger partial charge in [0.25, 0.3) is 0 Å². The van der Waals surface area contributed by atoms with Crippen molar-refractivity contribution in [1.29, 1.82) is 0 Å². The Hall–Kier alpha value is -2.53. The molecule has 0 spiro atoms. The zero-order valence-electron chi connectivity index (χ0n) is 14.7. The average molecular weight is 356 g/mol. The Balaban J connectivity index is 1.81. The van der Waals surface area contributed by atoms with Gasteiger partial charge in [0.1, 0.15) is 18.1 Å². The van der Waals surface area contributed by atoms with Crippen LogP contribution in [0.4, 0.5) is 0 Å². The van der Waals surface area contributed by atoms with Crippen LogP contribution >= 0.6 is 12.2 Å². The van der Waals surface area contributed by atoms with Crippen LogP contribution < -0.4 is 14.8 Å². The molecule has 132 valence electrons. The quantitative estimate of drug-likeness (QED) is 0.575. The standard InChI is InChI=1S/C20H24N2O2S/c1-4-13-24-19-11-7-17(8-12-19)15-22(2)20(25)21-14-16-5-9-18(23-3)10-6-16/h4-12H,1,13-15H2,2-3H3,(H,21,25). The Morgan fingerprint density at radius 1 is 1.08 bits per heavy atom. The fourth-order valence-electron chi connectivity index (χ4n) is 2.25. The minimum Gasteiger partial charge on any atom is -0.497 e. The Kier molecular flexibility index (Phi) is 7.29. The van der Waals surface area contributed by atoms with E-state index in [1.807, 2.05) is 60.5 Å². The van der Waals surface area contributed by atoms with Crippen LogP contribution in [0.15, 0.2) is 61.2 Å². The molecule has 0 saturated carbocycles. The molecule has 0 aliphatic heterocycles. The van der Waals surface area contributed by atoms with Crippen molar-refractivity contribution in [3.8, 4) is 11.5 Å². The molecule has 0 aliphatic rings. The number of methoxy groups -OCH3 is 1. The van der Waals surface area contributed by atoms with E-state index in [1.165, 1.54) is 5.56 Å². The molecule has 0 bridgehead atoms. The Morgan fingerprint density at radius 2 is 1.68 bits per heavy atom. The maximum Gasteiger partial charge on any atom is 0.169 e. The molecular weight excluding hydrogens is 332 g/mol. The predicted octanol–water partition coefficient (Wildman–Crippen LogP) is 3.77. The highest BCUT2D eigenvalue weighted by Crippen LogP contribution is 2.14. The summed E-state index contributed by atoms with van der Waals surface area (Å²) in [6, 6.07) is 15.9. The van der Waals surface area contributed by atoms with Crippen LogP contribution in [0.25, 0.3) is 0 Å². The van der Waals surface area contributed by atoms with Crippen molar-refractivity contribution in [1.82, 2.24) is 10.2 Å². The molecule has 0 atom stereocenters. The van der Waals surface area contributed by atoms with E-state index in [1.54, 1.807) is 13.2 Å². The number of rotatable bonds is 8. The van der Waals surface area contributed by atoms with Gasteiger partial charge in [-0.2, -0.15) is 0 Å². The lowest BCUT2D eigenvalue weighted by atomic mass is 10.2. The highest BCUT2D eigenvalue weighted by atomic mass is 32.1. The molecule has 5 heteroatoms. The van der Waals surface area contributed by atoms with Gasteiger partial charge in [-0.25, -0.2) is 0 Å². The van der Waals surface area contributed by atoms with E-state index < -0.39 is 0 Å². The van der Waals surface area contributed by atoms with E-state index in [2.05, 4.69) is 11.9 Å². The van der Waals surface area contributed by atoms with Gasteiger partial charge in [0.15, 0.2) is 5.11 Å². The summed E-state index contributed by atoms with van der Waals surface area (Å²) in [4.78, 5) is 2.01. The van der Waals surface area contributed by atoms with Gasteiger partial charge >= 0.3 is 0 Å². The maximum atomic E-state index is 5.49. The third kappa shape index (κ3) is 6.12. The fraction of sp³-hybridized carbons (Fsp3) is 0.250. The van der Waals surface area contributed by atoms with Crippen LogP contribution in [-0.2, 0) is 13.1 Å². The molecule has 2 aromatic carbocycles. The second-order valence-electron chi connectivity index (χ2n) is 5.61. The van der Waals surface area contributed by atoms with Crippen LogP contribution in [0, 0.1) is 0 Å². The number of nitrogens with one attached hydrogen (secondary N) is 1. The molecule has 0 amide bonds. The van der Waals surface area contributed by atoms with E-state index in [4.69, 9.17) is 21.7 Å². The van der Waals surface area contributed by atoms with Gasteiger partial charge in [0, 0.05) is 20.1 Å². The summed E-state index contributed by atoms with van der Waals surface area (Å²) < 4.78 is 10.6. The summed E-state index contributed by atoms with van der Waals surface area (Å²) in [7, 11) is 3.64. The minimum atomic E-state index is 0.513. The number of ether oxygens (including phenoxy) is 2. The van der Waals surface area contributed by atoms with E-state index in [0.717, 1.165) is 23.6 Å². The van der Waals surface area contributed by atoms with Gasteiger partial charge in [-0.1, -0.05) is 36.9 Å². The van der Waals surface area contributed by atoms with Gasteiger partial charge in [-0.3, -0.25) is 0 Å². The summed E-state index contributed by atoms with van der Waals surface area (Å²) in [5.41, 5.74) is 2.32. The summed E-state index contributed by atoms with van der Waals surface area (Å²) in [5, 5.41) is 3.99. The molecule has 0 unspecified atom stereocenters. The molecule has 2 aromatic rings. The summed E-state index contributed by atoms with van der Waals surface area (Å²) in [6.45, 7) is 5.57. The number of hydrogen-bond acceptors (Lipinski definition) is 3. The molecule has 0 fully saturated rings. The second kappa shape index (κ2) is 9.69. The number of hydrogen-bond donors (Lipinski definition) is 1. The van der Waals surface area contributed by atoms with Crippen molar-refractivity contribution >= 4 is 17.3 Å². The summed E-state index contributed by atoms with van der Waals surface area (Å²) in [6.07, 6.45) is 1.73. The largest absolute Gasteiger partial charge is 0.497 e. The van der Waals surface area contributed by atoms with Crippen LogP contribution in [0.2, 0.25) is 0 Å². The molecule has 0 heterocycles. The first-order valence-corrected chi connectivity index (χ1v) is 8.47. The first kappa shape index (κ1) is 18.8. The van der Waals surface area contributed by atoms with Crippen molar-refractivity contribution < 1.29 is 9.47 Å². The van der Waals surface area contributed by atoms with E-state index in [0.29, 0.717) is 18.3 Å². The molecule has 0 saturated heterocycles. The fourth-order valence-corrected chi connectivity index (χ4v) is 2.38. The van der Waals surface area contributed by atoms with Gasteiger partial charge in [0.2, 0.25) is 0 Å². The van der Waals surface area contributed by atoms with Gasteiger partial charge < -0.3 is 19.7 Å². The third-order valence-corrected chi connectivity index (χ3v) is 4.12. The average Bonchev–Trinajstić information content (AvgIpc) is 2.65. The van der Waals surface area contributed by atoms with Crippen LogP contribution in [0.1, 0.15) is 11.1 Å². The molecule has 4 nitrogen and oxygen atoms in total. The number of thiocarbonyl (C=S) groups is 1. The normalized spacial score (nSPS) is 10.0. The van der Waals surface area contributed by atoms with E-state index in [-0.39, 0.29) is 0 Å². The van der Waals surface area contributed by atoms with Crippen molar-refractivity contribution in [2.75, 3.05) is 20.8 Å². The molecule has 25 heavy (non-hydrogen) atoms. The lowest BCUT2D eigenvalue weighted by molar-refractivity contribution is 0.363. The topological polar surface area (TPSA) is 33.7 Å². The van der Waals surface area contributed by atoms with Crippen LogP contribution in [-0.4, -0.2) is 30.8 Å². The second-order valence-corrected chi connectivity index (χ2v) is 5.99. The lowest BCUT2D eigenvalue weighted by Crippen LogP contribution is -2.36. The highest BCUT2D eigenvalue weighted by molar-refractivity contribution is 7.80. The molecular formula is C20H24N2O2S. The molecule has 1 N–H and O–H groups in total. The monoisotopic (exact) mass is 356 g/mol.